The molecular formula is C13H16N2O3. The van der Waals surface area contributed by atoms with Crippen LogP contribution in [0.5, 0.6) is 0 Å². The third kappa shape index (κ3) is 2.85. The summed E-state index contributed by atoms with van der Waals surface area (Å²) in [6.07, 6.45) is 5.31. The molecular weight excluding hydrogens is 232 g/mol. The first-order valence-electron chi connectivity index (χ1n) is 6.09. The number of hydrogen-bond acceptors (Lipinski definition) is 3. The van der Waals surface area contributed by atoms with Crippen LogP contribution in [0.4, 0.5) is 0 Å². The number of carbonyl (C=O) groups excluding carboxylic acids is 1. The number of carboxylic acid groups (broad SMARTS) is 1. The van der Waals surface area contributed by atoms with Gasteiger partial charge in [0, 0.05) is 25.4 Å². The van der Waals surface area contributed by atoms with E-state index < -0.39 is 5.97 Å². The Hall–Kier alpha value is -1.91. The van der Waals surface area contributed by atoms with Crippen molar-refractivity contribution in [3.8, 4) is 0 Å². The number of hydrogen-bond donors (Lipinski definition) is 1. The first-order chi connectivity index (χ1) is 8.68. The SMILES string of the molecule is O=C(O)CCC(=O)N1CCCC1c1ccncc1. The van der Waals surface area contributed by atoms with E-state index in [1.54, 1.807) is 17.3 Å². The van der Waals surface area contributed by atoms with Gasteiger partial charge >= 0.3 is 5.97 Å². The van der Waals surface area contributed by atoms with Crippen LogP contribution in [0, 0.1) is 0 Å². The summed E-state index contributed by atoms with van der Waals surface area (Å²) < 4.78 is 0. The van der Waals surface area contributed by atoms with E-state index in [9.17, 15) is 9.59 Å². The van der Waals surface area contributed by atoms with Crippen LogP contribution in [0.1, 0.15) is 37.3 Å². The number of amides is 1. The molecule has 0 spiro atoms. The summed E-state index contributed by atoms with van der Waals surface area (Å²) in [4.78, 5) is 28.2. The van der Waals surface area contributed by atoms with Gasteiger partial charge in [-0.15, -0.1) is 0 Å². The second-order valence-corrected chi connectivity index (χ2v) is 4.42. The van der Waals surface area contributed by atoms with Gasteiger partial charge < -0.3 is 10.0 Å². The number of aliphatic carboxylic acids is 1. The molecule has 2 rings (SSSR count). The lowest BCUT2D eigenvalue weighted by Gasteiger charge is -2.24. The average molecular weight is 248 g/mol. The summed E-state index contributed by atoms with van der Waals surface area (Å²) in [5, 5.41) is 8.61. The molecule has 1 fully saturated rings. The molecule has 2 heterocycles. The number of carbonyl (C=O) groups is 2. The Kier molecular flexibility index (Phi) is 3.92. The van der Waals surface area contributed by atoms with Crippen molar-refractivity contribution >= 4 is 11.9 Å². The zero-order chi connectivity index (χ0) is 13.0. The van der Waals surface area contributed by atoms with Crippen molar-refractivity contribution in [1.29, 1.82) is 0 Å². The zero-order valence-corrected chi connectivity index (χ0v) is 10.1. The van der Waals surface area contributed by atoms with E-state index in [0.717, 1.165) is 18.4 Å². The minimum Gasteiger partial charge on any atom is -0.481 e. The molecule has 18 heavy (non-hydrogen) atoms. The molecule has 1 amide bonds. The standard InChI is InChI=1S/C13H16N2O3/c16-12(3-4-13(17)18)15-9-1-2-11(15)10-5-7-14-8-6-10/h5-8,11H,1-4,9H2,(H,17,18). The van der Waals surface area contributed by atoms with Crippen LogP contribution in [0.2, 0.25) is 0 Å². The first kappa shape index (κ1) is 12.5. The number of pyridine rings is 1. The fourth-order valence-electron chi connectivity index (χ4n) is 2.35. The Morgan fingerprint density at radius 3 is 2.72 bits per heavy atom. The zero-order valence-electron chi connectivity index (χ0n) is 10.1. The van der Waals surface area contributed by atoms with Crippen molar-refractivity contribution in [2.24, 2.45) is 0 Å². The van der Waals surface area contributed by atoms with Crippen LogP contribution in [-0.4, -0.2) is 33.4 Å². The quantitative estimate of drug-likeness (QED) is 0.878. The van der Waals surface area contributed by atoms with Gasteiger partial charge in [-0.25, -0.2) is 0 Å². The molecule has 0 bridgehead atoms. The van der Waals surface area contributed by atoms with Crippen LogP contribution in [0.25, 0.3) is 0 Å². The molecule has 1 N–H and O–H groups in total. The molecule has 1 aromatic rings. The summed E-state index contributed by atoms with van der Waals surface area (Å²) in [5.41, 5.74) is 1.08. The molecule has 1 unspecified atom stereocenters. The maximum atomic E-state index is 12.0. The molecule has 96 valence electrons. The third-order valence-corrected chi connectivity index (χ3v) is 3.22. The Balaban J connectivity index is 2.03. The van der Waals surface area contributed by atoms with Crippen LogP contribution in [0.15, 0.2) is 24.5 Å². The second kappa shape index (κ2) is 5.62. The van der Waals surface area contributed by atoms with Gasteiger partial charge in [0.1, 0.15) is 0 Å². The smallest absolute Gasteiger partial charge is 0.303 e. The molecule has 5 heteroatoms. The fourth-order valence-corrected chi connectivity index (χ4v) is 2.35. The van der Waals surface area contributed by atoms with Crippen molar-refractivity contribution in [3.05, 3.63) is 30.1 Å². The summed E-state index contributed by atoms with van der Waals surface area (Å²) in [6, 6.07) is 3.90. The lowest BCUT2D eigenvalue weighted by Crippen LogP contribution is -2.30. The Labute approximate surface area is 105 Å². The molecule has 0 saturated carbocycles. The molecule has 1 aromatic heterocycles. The predicted octanol–water partition coefficient (Wildman–Crippen LogP) is 1.61. The summed E-state index contributed by atoms with van der Waals surface area (Å²) in [6.45, 7) is 0.714. The van der Waals surface area contributed by atoms with E-state index in [4.69, 9.17) is 5.11 Å². The highest BCUT2D eigenvalue weighted by molar-refractivity contribution is 5.81. The van der Waals surface area contributed by atoms with E-state index in [1.807, 2.05) is 12.1 Å². The fraction of sp³-hybridized carbons (Fsp3) is 0.462. The molecule has 1 aliphatic heterocycles. The van der Waals surface area contributed by atoms with Crippen molar-refractivity contribution in [1.82, 2.24) is 9.88 Å². The second-order valence-electron chi connectivity index (χ2n) is 4.42. The predicted molar refractivity (Wildman–Crippen MR) is 64.8 cm³/mol. The Morgan fingerprint density at radius 1 is 1.33 bits per heavy atom. The van der Waals surface area contributed by atoms with Crippen LogP contribution >= 0.6 is 0 Å². The molecule has 0 radical (unpaired) electrons. The molecule has 1 atom stereocenters. The highest BCUT2D eigenvalue weighted by atomic mass is 16.4. The number of likely N-dealkylation sites (tertiary alicyclic amines) is 1. The molecule has 1 aliphatic rings. The third-order valence-electron chi connectivity index (χ3n) is 3.22. The van der Waals surface area contributed by atoms with Gasteiger partial charge in [0.05, 0.1) is 12.5 Å². The number of rotatable bonds is 4. The van der Waals surface area contributed by atoms with Crippen molar-refractivity contribution < 1.29 is 14.7 Å². The topological polar surface area (TPSA) is 70.5 Å². The molecule has 5 nitrogen and oxygen atoms in total. The average Bonchev–Trinajstić information content (AvgIpc) is 2.86. The lowest BCUT2D eigenvalue weighted by molar-refractivity contribution is -0.141. The van der Waals surface area contributed by atoms with Gasteiger partial charge in [-0.2, -0.15) is 0 Å². The van der Waals surface area contributed by atoms with E-state index in [0.29, 0.717) is 6.54 Å². The van der Waals surface area contributed by atoms with Crippen molar-refractivity contribution in [2.45, 2.75) is 31.7 Å². The Bertz CT molecular complexity index is 433. The lowest BCUT2D eigenvalue weighted by atomic mass is 10.1. The molecule has 0 aliphatic carbocycles. The maximum Gasteiger partial charge on any atom is 0.303 e. The Morgan fingerprint density at radius 2 is 2.06 bits per heavy atom. The normalized spacial score (nSPS) is 18.9. The van der Waals surface area contributed by atoms with E-state index in [2.05, 4.69) is 4.98 Å². The summed E-state index contributed by atoms with van der Waals surface area (Å²) in [7, 11) is 0. The minimum atomic E-state index is -0.928. The van der Waals surface area contributed by atoms with E-state index in [1.165, 1.54) is 0 Å². The number of carboxylic acids is 1. The maximum absolute atomic E-state index is 12.0. The van der Waals surface area contributed by atoms with Gasteiger partial charge in [-0.05, 0) is 30.5 Å². The monoisotopic (exact) mass is 248 g/mol. The highest BCUT2D eigenvalue weighted by Crippen LogP contribution is 2.32. The van der Waals surface area contributed by atoms with Gasteiger partial charge in [0.2, 0.25) is 5.91 Å². The van der Waals surface area contributed by atoms with Crippen LogP contribution in [-0.2, 0) is 9.59 Å². The van der Waals surface area contributed by atoms with E-state index >= 15 is 0 Å². The van der Waals surface area contributed by atoms with Gasteiger partial charge in [0.25, 0.3) is 0 Å². The van der Waals surface area contributed by atoms with Gasteiger partial charge in [0.15, 0.2) is 0 Å². The van der Waals surface area contributed by atoms with E-state index in [-0.39, 0.29) is 24.8 Å². The summed E-state index contributed by atoms with van der Waals surface area (Å²) >= 11 is 0. The number of aromatic nitrogens is 1. The first-order valence-corrected chi connectivity index (χ1v) is 6.09. The van der Waals surface area contributed by atoms with Crippen molar-refractivity contribution in [2.75, 3.05) is 6.54 Å². The van der Waals surface area contributed by atoms with Gasteiger partial charge in [-0.3, -0.25) is 14.6 Å². The van der Waals surface area contributed by atoms with Gasteiger partial charge in [-0.1, -0.05) is 0 Å². The van der Waals surface area contributed by atoms with Crippen molar-refractivity contribution in [3.63, 3.8) is 0 Å². The summed E-state index contributed by atoms with van der Waals surface area (Å²) in [5.74, 6) is -1.00. The minimum absolute atomic E-state index is 0.0725. The van der Waals surface area contributed by atoms with Crippen LogP contribution in [0.3, 0.4) is 0 Å². The molecule has 1 saturated heterocycles. The van der Waals surface area contributed by atoms with Crippen LogP contribution < -0.4 is 0 Å². The molecule has 0 aromatic carbocycles. The highest BCUT2D eigenvalue weighted by Gasteiger charge is 2.29. The number of nitrogens with zero attached hydrogens (tertiary/aromatic N) is 2. The largest absolute Gasteiger partial charge is 0.481 e.